The zero-order valence-corrected chi connectivity index (χ0v) is 16.7. The summed E-state index contributed by atoms with van der Waals surface area (Å²) in [5, 5.41) is 8.35. The minimum atomic E-state index is -0.216. The first-order valence-electron chi connectivity index (χ1n) is 9.54. The van der Waals surface area contributed by atoms with Crippen LogP contribution in [0.3, 0.4) is 0 Å². The minimum Gasteiger partial charge on any atom is -0.338 e. The van der Waals surface area contributed by atoms with Crippen LogP contribution in [0.2, 0.25) is 0 Å². The van der Waals surface area contributed by atoms with Gasteiger partial charge in [-0.05, 0) is 24.1 Å². The molecule has 0 aliphatic carbocycles. The number of amides is 1. The van der Waals surface area contributed by atoms with E-state index in [-0.39, 0.29) is 11.3 Å². The Kier molecular flexibility index (Phi) is 4.53. The second-order valence-electron chi connectivity index (χ2n) is 8.40. The van der Waals surface area contributed by atoms with Gasteiger partial charge in [-0.2, -0.15) is 10.1 Å². The van der Waals surface area contributed by atoms with Crippen molar-refractivity contribution in [2.24, 2.45) is 7.05 Å². The Morgan fingerprint density at radius 1 is 1.25 bits per heavy atom. The first-order valence-corrected chi connectivity index (χ1v) is 9.54. The molecule has 1 aliphatic heterocycles. The average molecular weight is 379 g/mol. The van der Waals surface area contributed by atoms with Crippen LogP contribution in [-0.4, -0.2) is 43.8 Å². The minimum absolute atomic E-state index is 0.00232. The number of rotatable bonds is 3. The molecule has 3 aromatic rings. The Bertz CT molecular complexity index is 998. The molecule has 0 N–H and O–H groups in total. The molecule has 1 aliphatic rings. The van der Waals surface area contributed by atoms with E-state index in [1.165, 1.54) is 5.56 Å². The van der Waals surface area contributed by atoms with Crippen LogP contribution in [0.5, 0.6) is 0 Å². The topological polar surface area (TPSA) is 77.0 Å². The van der Waals surface area contributed by atoms with Gasteiger partial charge in [-0.1, -0.05) is 38.1 Å². The Balaban J connectivity index is 1.58. The van der Waals surface area contributed by atoms with Crippen LogP contribution in [0.15, 0.2) is 41.2 Å². The maximum atomic E-state index is 13.2. The van der Waals surface area contributed by atoms with Crippen LogP contribution in [0.4, 0.5) is 0 Å². The summed E-state index contributed by atoms with van der Waals surface area (Å²) in [6, 6.07) is 7.44. The van der Waals surface area contributed by atoms with E-state index in [9.17, 15) is 4.79 Å². The number of hydrogen-bond donors (Lipinski definition) is 0. The molecule has 1 atom stereocenters. The molecule has 7 nitrogen and oxygen atoms in total. The Hall–Kier alpha value is -2.96. The first kappa shape index (κ1) is 18.4. The second kappa shape index (κ2) is 6.89. The summed E-state index contributed by atoms with van der Waals surface area (Å²) in [5.41, 5.74) is 2.24. The second-order valence-corrected chi connectivity index (χ2v) is 8.40. The number of aryl methyl sites for hydroxylation is 1. The van der Waals surface area contributed by atoms with Crippen molar-refractivity contribution in [3.8, 4) is 11.5 Å². The molecule has 4 rings (SSSR count). The van der Waals surface area contributed by atoms with Gasteiger partial charge in [0, 0.05) is 37.7 Å². The molecule has 2 aromatic heterocycles. The van der Waals surface area contributed by atoms with E-state index in [4.69, 9.17) is 4.52 Å². The van der Waals surface area contributed by atoms with Gasteiger partial charge in [0.1, 0.15) is 0 Å². The van der Waals surface area contributed by atoms with Gasteiger partial charge in [-0.15, -0.1) is 0 Å². The maximum absolute atomic E-state index is 13.2. The van der Waals surface area contributed by atoms with Gasteiger partial charge in [0.05, 0.1) is 17.3 Å². The van der Waals surface area contributed by atoms with Gasteiger partial charge < -0.3 is 9.42 Å². The number of benzene rings is 1. The number of aromatic nitrogens is 4. The van der Waals surface area contributed by atoms with Gasteiger partial charge in [0.15, 0.2) is 5.82 Å². The van der Waals surface area contributed by atoms with Crippen molar-refractivity contribution in [2.75, 3.05) is 13.1 Å². The van der Waals surface area contributed by atoms with Gasteiger partial charge in [-0.3, -0.25) is 9.48 Å². The summed E-state index contributed by atoms with van der Waals surface area (Å²) in [4.78, 5) is 19.7. The lowest BCUT2D eigenvalue weighted by Gasteiger charge is -2.17. The smallest absolute Gasteiger partial charge is 0.258 e. The van der Waals surface area contributed by atoms with Crippen LogP contribution in [0, 0.1) is 0 Å². The van der Waals surface area contributed by atoms with Gasteiger partial charge in [0.2, 0.25) is 0 Å². The molecule has 1 fully saturated rings. The fourth-order valence-electron chi connectivity index (χ4n) is 3.53. The number of likely N-dealkylation sites (tertiary alicyclic amines) is 1. The first-order chi connectivity index (χ1) is 13.3. The predicted octanol–water partition coefficient (Wildman–Crippen LogP) is 3.40. The molecule has 1 unspecified atom stereocenters. The molecule has 1 aromatic carbocycles. The van der Waals surface area contributed by atoms with E-state index in [1.54, 1.807) is 4.68 Å². The summed E-state index contributed by atoms with van der Waals surface area (Å²) in [6.07, 6.45) is 4.85. The van der Waals surface area contributed by atoms with Crippen LogP contribution in [-0.2, 0) is 12.5 Å². The predicted molar refractivity (Wildman–Crippen MR) is 105 cm³/mol. The summed E-state index contributed by atoms with van der Waals surface area (Å²) in [7, 11) is 1.91. The molecule has 0 saturated carbocycles. The highest BCUT2D eigenvalue weighted by Gasteiger charge is 2.31. The van der Waals surface area contributed by atoms with Crippen molar-refractivity contribution in [3.05, 3.63) is 53.6 Å². The van der Waals surface area contributed by atoms with E-state index in [0.29, 0.717) is 35.3 Å². The standard InChI is InChI=1S/C21H25N5O2/c1-21(2,3)20-23-18(28-24-20)16-7-5-6-8-17(16)19(27)26-10-9-14(13-26)15-11-22-25(4)12-15/h5-8,11-12,14H,9-10,13H2,1-4H3. The molecule has 0 spiro atoms. The monoisotopic (exact) mass is 379 g/mol. The third kappa shape index (κ3) is 3.44. The lowest BCUT2D eigenvalue weighted by Crippen LogP contribution is -2.28. The third-order valence-corrected chi connectivity index (χ3v) is 5.16. The van der Waals surface area contributed by atoms with Gasteiger partial charge >= 0.3 is 0 Å². The van der Waals surface area contributed by atoms with Crippen molar-refractivity contribution in [3.63, 3.8) is 0 Å². The van der Waals surface area contributed by atoms with Gasteiger partial charge in [0.25, 0.3) is 11.8 Å². The van der Waals surface area contributed by atoms with Gasteiger partial charge in [-0.25, -0.2) is 0 Å². The summed E-state index contributed by atoms with van der Waals surface area (Å²) in [6.45, 7) is 7.50. The largest absolute Gasteiger partial charge is 0.338 e. The van der Waals surface area contributed by atoms with E-state index < -0.39 is 0 Å². The number of carbonyl (C=O) groups excluding carboxylic acids is 1. The fourth-order valence-corrected chi connectivity index (χ4v) is 3.53. The zero-order chi connectivity index (χ0) is 19.9. The normalized spacial score (nSPS) is 17.3. The quantitative estimate of drug-likeness (QED) is 0.697. The highest BCUT2D eigenvalue weighted by Crippen LogP contribution is 2.31. The molecule has 7 heteroatoms. The van der Waals surface area contributed by atoms with Crippen molar-refractivity contribution >= 4 is 5.91 Å². The average Bonchev–Trinajstić information content (AvgIpc) is 3.40. The van der Waals surface area contributed by atoms with Crippen molar-refractivity contribution in [2.45, 2.75) is 38.5 Å². The fraction of sp³-hybridized carbons (Fsp3) is 0.429. The Morgan fingerprint density at radius 2 is 2.04 bits per heavy atom. The Morgan fingerprint density at radius 3 is 2.71 bits per heavy atom. The SMILES string of the molecule is Cn1cc(C2CCN(C(=O)c3ccccc3-c3nc(C(C)(C)C)no3)C2)cn1. The maximum Gasteiger partial charge on any atom is 0.258 e. The lowest BCUT2D eigenvalue weighted by atomic mass is 9.96. The molecular weight excluding hydrogens is 354 g/mol. The number of nitrogens with zero attached hydrogens (tertiary/aromatic N) is 5. The number of hydrogen-bond acceptors (Lipinski definition) is 5. The zero-order valence-electron chi connectivity index (χ0n) is 16.7. The van der Waals surface area contributed by atoms with Crippen molar-refractivity contribution < 1.29 is 9.32 Å². The summed E-state index contributed by atoms with van der Waals surface area (Å²) < 4.78 is 7.28. The molecule has 0 bridgehead atoms. The molecular formula is C21H25N5O2. The molecule has 146 valence electrons. The van der Waals surface area contributed by atoms with E-state index >= 15 is 0 Å². The molecule has 1 amide bonds. The number of carbonyl (C=O) groups is 1. The van der Waals surface area contributed by atoms with Crippen LogP contribution in [0.25, 0.3) is 11.5 Å². The van der Waals surface area contributed by atoms with Crippen LogP contribution >= 0.6 is 0 Å². The van der Waals surface area contributed by atoms with Crippen LogP contribution < -0.4 is 0 Å². The van der Waals surface area contributed by atoms with Crippen molar-refractivity contribution in [1.29, 1.82) is 0 Å². The Labute approximate surface area is 164 Å². The lowest BCUT2D eigenvalue weighted by molar-refractivity contribution is 0.0791. The molecule has 3 heterocycles. The van der Waals surface area contributed by atoms with E-state index in [1.807, 2.05) is 69.4 Å². The molecule has 0 radical (unpaired) electrons. The molecule has 1 saturated heterocycles. The van der Waals surface area contributed by atoms with E-state index in [2.05, 4.69) is 15.2 Å². The third-order valence-electron chi connectivity index (χ3n) is 5.16. The molecule has 28 heavy (non-hydrogen) atoms. The highest BCUT2D eigenvalue weighted by atomic mass is 16.5. The van der Waals surface area contributed by atoms with Crippen molar-refractivity contribution in [1.82, 2.24) is 24.8 Å². The highest BCUT2D eigenvalue weighted by molar-refractivity contribution is 6.00. The van der Waals surface area contributed by atoms with Crippen LogP contribution in [0.1, 0.15) is 54.9 Å². The summed E-state index contributed by atoms with van der Waals surface area (Å²) in [5.74, 6) is 1.33. The van der Waals surface area contributed by atoms with E-state index in [0.717, 1.165) is 13.0 Å². The summed E-state index contributed by atoms with van der Waals surface area (Å²) >= 11 is 0.